The fraction of sp³-hybridized carbons (Fsp3) is 0.500. The molecule has 0 aliphatic carbocycles. The number of hydrogen-bond acceptors (Lipinski definition) is 3. The number of piperidine rings is 1. The second-order valence-corrected chi connectivity index (χ2v) is 4.90. The maximum Gasteiger partial charge on any atom is 0.241 e. The highest BCUT2D eigenvalue weighted by Crippen LogP contribution is 2.24. The van der Waals surface area contributed by atoms with Crippen molar-refractivity contribution in [3.63, 3.8) is 0 Å². The molecule has 0 saturated carbocycles. The molecule has 1 heterocycles. The Labute approximate surface area is 108 Å². The fourth-order valence-corrected chi connectivity index (χ4v) is 2.26. The van der Waals surface area contributed by atoms with Gasteiger partial charge in [0.05, 0.1) is 17.4 Å². The van der Waals surface area contributed by atoms with E-state index in [2.05, 4.69) is 10.6 Å². The molecule has 1 amide bonds. The topological polar surface area (TPSA) is 44.4 Å². The van der Waals surface area contributed by atoms with Gasteiger partial charge in [0.25, 0.3) is 0 Å². The van der Waals surface area contributed by atoms with Crippen LogP contribution in [0.2, 0.25) is 0 Å². The highest BCUT2D eigenvalue weighted by Gasteiger charge is 2.21. The summed E-state index contributed by atoms with van der Waals surface area (Å²) in [6.07, 6.45) is 3.22. The summed E-state index contributed by atoms with van der Waals surface area (Å²) in [6.45, 7) is 0.938. The lowest BCUT2D eigenvalue weighted by atomic mass is 10.0. The third kappa shape index (κ3) is 3.01. The minimum atomic E-state index is -0.0473. The van der Waals surface area contributed by atoms with Crippen molar-refractivity contribution in [3.05, 3.63) is 24.3 Å². The van der Waals surface area contributed by atoms with Crippen LogP contribution in [0.5, 0.6) is 0 Å². The lowest BCUT2D eigenvalue weighted by Gasteiger charge is -2.24. The molecule has 1 fully saturated rings. The SMILES string of the molecule is CN(C)c1ccccc1NC(=O)[C@H]1CCCCN1. The molecule has 1 aromatic carbocycles. The number of hydrogen-bond donors (Lipinski definition) is 2. The molecule has 4 heteroatoms. The van der Waals surface area contributed by atoms with E-state index >= 15 is 0 Å². The number of nitrogens with one attached hydrogen (secondary N) is 2. The molecule has 1 aliphatic rings. The summed E-state index contributed by atoms with van der Waals surface area (Å²) in [4.78, 5) is 14.2. The Kier molecular flexibility index (Phi) is 4.20. The Balaban J connectivity index is 2.06. The summed E-state index contributed by atoms with van der Waals surface area (Å²) in [5, 5.41) is 6.28. The first kappa shape index (κ1) is 12.9. The monoisotopic (exact) mass is 247 g/mol. The molecular weight excluding hydrogens is 226 g/mol. The van der Waals surface area contributed by atoms with Gasteiger partial charge in [0.15, 0.2) is 0 Å². The van der Waals surface area contributed by atoms with Crippen LogP contribution in [0.15, 0.2) is 24.3 Å². The van der Waals surface area contributed by atoms with Crippen LogP contribution >= 0.6 is 0 Å². The van der Waals surface area contributed by atoms with E-state index in [0.717, 1.165) is 37.2 Å². The predicted octanol–water partition coefficient (Wildman–Crippen LogP) is 1.83. The highest BCUT2D eigenvalue weighted by atomic mass is 16.2. The minimum absolute atomic E-state index is 0.0473. The van der Waals surface area contributed by atoms with Crippen LogP contribution in [0.1, 0.15) is 19.3 Å². The summed E-state index contributed by atoms with van der Waals surface area (Å²) in [5.74, 6) is 0.0731. The zero-order chi connectivity index (χ0) is 13.0. The molecule has 4 nitrogen and oxygen atoms in total. The van der Waals surface area contributed by atoms with Crippen molar-refractivity contribution in [2.24, 2.45) is 0 Å². The van der Waals surface area contributed by atoms with Gasteiger partial charge < -0.3 is 15.5 Å². The molecule has 1 aromatic rings. The molecule has 0 radical (unpaired) electrons. The lowest BCUT2D eigenvalue weighted by molar-refractivity contribution is -0.118. The van der Waals surface area contributed by atoms with Gasteiger partial charge >= 0.3 is 0 Å². The Morgan fingerprint density at radius 2 is 2.11 bits per heavy atom. The van der Waals surface area contributed by atoms with E-state index in [4.69, 9.17) is 0 Å². The average Bonchev–Trinajstić information content (AvgIpc) is 2.40. The van der Waals surface area contributed by atoms with Crippen LogP contribution in [0.4, 0.5) is 11.4 Å². The van der Waals surface area contributed by atoms with Gasteiger partial charge in [0.1, 0.15) is 0 Å². The summed E-state index contributed by atoms with van der Waals surface area (Å²) in [6, 6.07) is 7.81. The smallest absolute Gasteiger partial charge is 0.241 e. The van der Waals surface area contributed by atoms with Crippen molar-refractivity contribution in [3.8, 4) is 0 Å². The van der Waals surface area contributed by atoms with Gasteiger partial charge in [-0.15, -0.1) is 0 Å². The van der Waals surface area contributed by atoms with Crippen molar-refractivity contribution in [1.82, 2.24) is 5.32 Å². The Morgan fingerprint density at radius 3 is 2.78 bits per heavy atom. The number of anilines is 2. The number of para-hydroxylation sites is 2. The van der Waals surface area contributed by atoms with E-state index in [0.29, 0.717) is 0 Å². The van der Waals surface area contributed by atoms with Crippen LogP contribution in [0, 0.1) is 0 Å². The van der Waals surface area contributed by atoms with Crippen molar-refractivity contribution < 1.29 is 4.79 Å². The molecule has 1 aliphatic heterocycles. The van der Waals surface area contributed by atoms with Gasteiger partial charge in [-0.05, 0) is 31.5 Å². The number of carbonyl (C=O) groups excluding carboxylic acids is 1. The normalized spacial score (nSPS) is 19.3. The largest absolute Gasteiger partial charge is 0.376 e. The van der Waals surface area contributed by atoms with Crippen LogP contribution < -0.4 is 15.5 Å². The Bertz CT molecular complexity index is 411. The number of amides is 1. The molecule has 98 valence electrons. The zero-order valence-electron chi connectivity index (χ0n) is 11.1. The molecule has 1 saturated heterocycles. The summed E-state index contributed by atoms with van der Waals surface area (Å²) in [7, 11) is 3.95. The van der Waals surface area contributed by atoms with Gasteiger partial charge in [-0.25, -0.2) is 0 Å². The van der Waals surface area contributed by atoms with Gasteiger partial charge in [-0.2, -0.15) is 0 Å². The van der Waals surface area contributed by atoms with Crippen LogP contribution in [0.25, 0.3) is 0 Å². The summed E-state index contributed by atoms with van der Waals surface area (Å²) in [5.41, 5.74) is 1.90. The number of carbonyl (C=O) groups is 1. The number of nitrogens with zero attached hydrogens (tertiary/aromatic N) is 1. The van der Waals surface area contributed by atoms with Crippen molar-refractivity contribution >= 4 is 17.3 Å². The van der Waals surface area contributed by atoms with E-state index in [1.54, 1.807) is 0 Å². The molecular formula is C14H21N3O. The maximum atomic E-state index is 12.2. The van der Waals surface area contributed by atoms with Crippen molar-refractivity contribution in [2.75, 3.05) is 30.9 Å². The van der Waals surface area contributed by atoms with E-state index in [1.165, 1.54) is 0 Å². The molecule has 18 heavy (non-hydrogen) atoms. The zero-order valence-corrected chi connectivity index (χ0v) is 11.1. The summed E-state index contributed by atoms with van der Waals surface area (Å²) < 4.78 is 0. The minimum Gasteiger partial charge on any atom is -0.376 e. The first-order valence-corrected chi connectivity index (χ1v) is 6.49. The third-order valence-corrected chi connectivity index (χ3v) is 3.27. The quantitative estimate of drug-likeness (QED) is 0.856. The first-order valence-electron chi connectivity index (χ1n) is 6.49. The molecule has 0 aromatic heterocycles. The van der Waals surface area contributed by atoms with Crippen molar-refractivity contribution in [1.29, 1.82) is 0 Å². The number of benzene rings is 1. The van der Waals surface area contributed by atoms with E-state index in [9.17, 15) is 4.79 Å². The Morgan fingerprint density at radius 1 is 1.33 bits per heavy atom. The predicted molar refractivity (Wildman–Crippen MR) is 75.0 cm³/mol. The highest BCUT2D eigenvalue weighted by molar-refractivity contribution is 5.97. The van der Waals surface area contributed by atoms with Crippen LogP contribution in [-0.2, 0) is 4.79 Å². The summed E-state index contributed by atoms with van der Waals surface area (Å²) >= 11 is 0. The second-order valence-electron chi connectivity index (χ2n) is 4.90. The third-order valence-electron chi connectivity index (χ3n) is 3.27. The fourth-order valence-electron chi connectivity index (χ4n) is 2.26. The van der Waals surface area contributed by atoms with E-state index in [-0.39, 0.29) is 11.9 Å². The van der Waals surface area contributed by atoms with E-state index in [1.807, 2.05) is 43.3 Å². The molecule has 2 rings (SSSR count). The van der Waals surface area contributed by atoms with Gasteiger partial charge in [-0.3, -0.25) is 4.79 Å². The molecule has 1 atom stereocenters. The molecule has 0 unspecified atom stereocenters. The van der Waals surface area contributed by atoms with Gasteiger partial charge in [-0.1, -0.05) is 18.6 Å². The van der Waals surface area contributed by atoms with Crippen LogP contribution in [0.3, 0.4) is 0 Å². The van der Waals surface area contributed by atoms with Crippen LogP contribution in [-0.4, -0.2) is 32.6 Å². The first-order chi connectivity index (χ1) is 8.68. The second kappa shape index (κ2) is 5.87. The standard InChI is InChI=1S/C14H21N3O/c1-17(2)13-9-4-3-7-11(13)16-14(18)12-8-5-6-10-15-12/h3-4,7,9,12,15H,5-6,8,10H2,1-2H3,(H,16,18)/t12-/m1/s1. The van der Waals surface area contributed by atoms with E-state index < -0.39 is 0 Å². The van der Waals surface area contributed by atoms with Gasteiger partial charge in [0.2, 0.25) is 5.91 Å². The molecule has 2 N–H and O–H groups in total. The molecule has 0 spiro atoms. The van der Waals surface area contributed by atoms with Crippen molar-refractivity contribution in [2.45, 2.75) is 25.3 Å². The number of rotatable bonds is 3. The maximum absolute atomic E-state index is 12.2. The lowest BCUT2D eigenvalue weighted by Crippen LogP contribution is -2.43. The Hall–Kier alpha value is -1.55. The molecule has 0 bridgehead atoms. The van der Waals surface area contributed by atoms with Gasteiger partial charge in [0, 0.05) is 14.1 Å². The average molecular weight is 247 g/mol.